The monoisotopic (exact) mass is 858 g/mol. The van der Waals surface area contributed by atoms with E-state index in [0.29, 0.717) is 11.3 Å². The Kier molecular flexibility index (Phi) is 10.5. The fourth-order valence-corrected chi connectivity index (χ4v) is 9.30. The first-order valence-corrected chi connectivity index (χ1v) is 22.8. The van der Waals surface area contributed by atoms with Gasteiger partial charge in [0.1, 0.15) is 5.75 Å². The molecule has 0 amide bonds. The molecule has 6 aromatic carbocycles. The normalized spacial score (nSPS) is 12.0. The van der Waals surface area contributed by atoms with E-state index in [2.05, 4.69) is 192 Å². The van der Waals surface area contributed by atoms with E-state index in [9.17, 15) is 5.11 Å². The predicted molar refractivity (Wildman–Crippen MR) is 275 cm³/mol. The lowest BCUT2D eigenvalue weighted by Crippen LogP contribution is -2.16. The Labute approximate surface area is 388 Å². The molecule has 0 aliphatic heterocycles. The lowest BCUT2D eigenvalue weighted by atomic mass is 9.79. The molecule has 10 aromatic rings. The molecule has 0 aliphatic carbocycles. The molecule has 0 radical (unpaired) electrons. The molecule has 66 heavy (non-hydrogen) atoms. The zero-order valence-corrected chi connectivity index (χ0v) is 39.0. The van der Waals surface area contributed by atoms with E-state index >= 15 is 0 Å². The van der Waals surface area contributed by atoms with E-state index in [1.807, 2.05) is 42.9 Å². The first-order chi connectivity index (χ1) is 31.7. The fourth-order valence-electron chi connectivity index (χ4n) is 9.30. The number of fused-ring (bicyclic) bond motifs is 3. The van der Waals surface area contributed by atoms with Crippen LogP contribution in [0.3, 0.4) is 0 Å². The van der Waals surface area contributed by atoms with Gasteiger partial charge in [0.2, 0.25) is 0 Å². The summed E-state index contributed by atoms with van der Waals surface area (Å²) in [6.45, 7) is 18.0. The quantitative estimate of drug-likeness (QED) is 0.173. The summed E-state index contributed by atoms with van der Waals surface area (Å²) in [7, 11) is 0. The van der Waals surface area contributed by atoms with Gasteiger partial charge in [0.25, 0.3) is 0 Å². The Hall–Kier alpha value is -7.63. The first kappa shape index (κ1) is 42.3. The lowest BCUT2D eigenvalue weighted by Gasteiger charge is -2.26. The van der Waals surface area contributed by atoms with Crippen LogP contribution in [0.5, 0.6) is 5.75 Å². The van der Waals surface area contributed by atoms with Gasteiger partial charge in [-0.2, -0.15) is 0 Å². The molecule has 10 rings (SSSR count). The molecular weight excluding hydrogens is 805 g/mol. The van der Waals surface area contributed by atoms with Gasteiger partial charge in [0.05, 0.1) is 28.1 Å². The second-order valence-corrected chi connectivity index (χ2v) is 19.7. The summed E-state index contributed by atoms with van der Waals surface area (Å²) in [5, 5.41) is 13.5. The van der Waals surface area contributed by atoms with Crippen LogP contribution in [0.1, 0.15) is 63.8 Å². The van der Waals surface area contributed by atoms with Gasteiger partial charge in [-0.3, -0.25) is 9.97 Å². The molecule has 5 heteroatoms. The van der Waals surface area contributed by atoms with E-state index in [0.717, 1.165) is 67.1 Å². The number of para-hydroxylation sites is 3. The Morgan fingerprint density at radius 1 is 0.455 bits per heavy atom. The molecule has 0 spiro atoms. The number of phenolic OH excluding ortho intramolecular Hbond substituents is 1. The van der Waals surface area contributed by atoms with Crippen LogP contribution in [0, 0.1) is 13.8 Å². The molecule has 1 N–H and O–H groups in total. The highest BCUT2D eigenvalue weighted by Crippen LogP contribution is 2.42. The summed E-state index contributed by atoms with van der Waals surface area (Å²) in [6.07, 6.45) is 5.68. The van der Waals surface area contributed by atoms with E-state index in [4.69, 9.17) is 9.97 Å². The molecule has 0 saturated carbocycles. The summed E-state index contributed by atoms with van der Waals surface area (Å²) in [6, 6.07) is 55.7. The van der Waals surface area contributed by atoms with Crippen LogP contribution in [-0.2, 0) is 10.8 Å². The van der Waals surface area contributed by atoms with E-state index in [-0.39, 0.29) is 16.6 Å². The Morgan fingerprint density at radius 3 is 1.83 bits per heavy atom. The third-order valence-corrected chi connectivity index (χ3v) is 13.0. The minimum atomic E-state index is -0.0470. The average molecular weight is 859 g/mol. The molecule has 5 nitrogen and oxygen atoms in total. The molecule has 0 aliphatic rings. The highest BCUT2D eigenvalue weighted by atomic mass is 16.3. The molecule has 0 unspecified atom stereocenters. The molecule has 0 atom stereocenters. The van der Waals surface area contributed by atoms with Crippen LogP contribution in [0.25, 0.3) is 94.6 Å². The maximum atomic E-state index is 11.1. The van der Waals surface area contributed by atoms with Crippen molar-refractivity contribution in [3.05, 3.63) is 199 Å². The third kappa shape index (κ3) is 7.85. The number of pyridine rings is 3. The van der Waals surface area contributed by atoms with Crippen molar-refractivity contribution in [3.63, 3.8) is 0 Å². The maximum absolute atomic E-state index is 11.1. The minimum Gasteiger partial charge on any atom is -0.507 e. The second-order valence-electron chi connectivity index (χ2n) is 19.7. The summed E-state index contributed by atoms with van der Waals surface area (Å²) in [5.74, 6) is 0.197. The summed E-state index contributed by atoms with van der Waals surface area (Å²) >= 11 is 0. The van der Waals surface area contributed by atoms with Gasteiger partial charge in [-0.05, 0) is 136 Å². The standard InChI is InChI=1S/C61H54N4O/c1-38-29-57(39(2)28-52(38)43-18-15-26-62-37-43)65-56-23-11-9-19-49(56)50-22-14-21-48(59(50)65)40-25-27-63-53(33-40)41-16-13-17-42(30-41)54-34-45(35-55(64-54)51-20-10-12-24-58(51)66)44-31-46(60(3,4)5)36-47(32-44)61(6,7)8/h9-37,66H,1-8H3. The van der Waals surface area contributed by atoms with Crippen molar-refractivity contribution in [2.24, 2.45) is 0 Å². The van der Waals surface area contributed by atoms with Crippen LogP contribution in [0.4, 0.5) is 0 Å². The average Bonchev–Trinajstić information content (AvgIpc) is 3.66. The second kappa shape index (κ2) is 16.4. The smallest absolute Gasteiger partial charge is 0.124 e. The van der Waals surface area contributed by atoms with Gasteiger partial charge in [0.15, 0.2) is 0 Å². The highest BCUT2D eigenvalue weighted by molar-refractivity contribution is 6.14. The van der Waals surface area contributed by atoms with Crippen LogP contribution in [0.15, 0.2) is 176 Å². The molecule has 324 valence electrons. The van der Waals surface area contributed by atoms with E-state index < -0.39 is 0 Å². The fraction of sp³-hybridized carbons (Fsp3) is 0.164. The van der Waals surface area contributed by atoms with Gasteiger partial charge >= 0.3 is 0 Å². The Morgan fingerprint density at radius 2 is 1.09 bits per heavy atom. The van der Waals surface area contributed by atoms with Gasteiger partial charge in [-0.15, -0.1) is 0 Å². The van der Waals surface area contributed by atoms with Crippen LogP contribution in [0.2, 0.25) is 0 Å². The molecule has 0 fully saturated rings. The molecule has 0 bridgehead atoms. The zero-order valence-electron chi connectivity index (χ0n) is 39.0. The molecular formula is C61H54N4O. The van der Waals surface area contributed by atoms with Crippen molar-refractivity contribution < 1.29 is 5.11 Å². The largest absolute Gasteiger partial charge is 0.507 e. The number of nitrogens with zero attached hydrogens (tertiary/aromatic N) is 4. The molecule has 4 aromatic heterocycles. The topological polar surface area (TPSA) is 63.8 Å². The first-order valence-electron chi connectivity index (χ1n) is 22.8. The highest BCUT2D eigenvalue weighted by Gasteiger charge is 2.23. The number of aromatic hydroxyl groups is 1. The summed E-state index contributed by atoms with van der Waals surface area (Å²) in [4.78, 5) is 14.6. The maximum Gasteiger partial charge on any atom is 0.124 e. The number of aryl methyl sites for hydroxylation is 2. The predicted octanol–water partition coefficient (Wildman–Crippen LogP) is 15.9. The van der Waals surface area contributed by atoms with Crippen LogP contribution >= 0.6 is 0 Å². The van der Waals surface area contributed by atoms with Crippen molar-refractivity contribution in [2.75, 3.05) is 0 Å². The van der Waals surface area contributed by atoms with Crippen LogP contribution in [-0.4, -0.2) is 24.6 Å². The van der Waals surface area contributed by atoms with Crippen molar-refractivity contribution in [2.45, 2.75) is 66.2 Å². The number of hydrogen-bond acceptors (Lipinski definition) is 4. The summed E-state index contributed by atoms with van der Waals surface area (Å²) in [5.41, 5.74) is 20.0. The number of hydrogen-bond donors (Lipinski definition) is 1. The third-order valence-electron chi connectivity index (χ3n) is 13.0. The van der Waals surface area contributed by atoms with Crippen LogP contribution < -0.4 is 0 Å². The Balaban J connectivity index is 1.11. The Bertz CT molecular complexity index is 3440. The summed E-state index contributed by atoms with van der Waals surface area (Å²) < 4.78 is 2.44. The molecule has 0 saturated heterocycles. The number of aromatic nitrogens is 4. The van der Waals surface area contributed by atoms with Gasteiger partial charge in [-0.25, -0.2) is 4.98 Å². The number of phenols is 1. The van der Waals surface area contributed by atoms with Crippen molar-refractivity contribution in [3.8, 4) is 78.6 Å². The van der Waals surface area contributed by atoms with Gasteiger partial charge < -0.3 is 9.67 Å². The molecule has 4 heterocycles. The SMILES string of the molecule is Cc1cc(-n2c3ccccc3c3cccc(-c4ccnc(-c5cccc(-c6cc(-c7cc(C(C)(C)C)cc(C(C)(C)C)c7)cc(-c7ccccc7O)n6)c5)c4)c32)c(C)cc1-c1cccnc1. The van der Waals surface area contributed by atoms with Gasteiger partial charge in [0, 0.05) is 62.9 Å². The van der Waals surface area contributed by atoms with Crippen molar-refractivity contribution in [1.29, 1.82) is 0 Å². The lowest BCUT2D eigenvalue weighted by molar-refractivity contribution is 0.477. The van der Waals surface area contributed by atoms with E-state index in [1.54, 1.807) is 6.07 Å². The van der Waals surface area contributed by atoms with Crippen molar-refractivity contribution >= 4 is 21.8 Å². The minimum absolute atomic E-state index is 0.0470. The number of rotatable bonds is 7. The van der Waals surface area contributed by atoms with E-state index in [1.165, 1.54) is 38.6 Å². The zero-order chi connectivity index (χ0) is 45.9. The van der Waals surface area contributed by atoms with Crippen molar-refractivity contribution in [1.82, 2.24) is 19.5 Å². The number of benzene rings is 6. The van der Waals surface area contributed by atoms with Gasteiger partial charge in [-0.1, -0.05) is 133 Å².